The fourth-order valence-corrected chi connectivity index (χ4v) is 2.58. The van der Waals surface area contributed by atoms with Crippen LogP contribution >= 0.6 is 12.2 Å². The first kappa shape index (κ1) is 12.4. The summed E-state index contributed by atoms with van der Waals surface area (Å²) in [4.78, 5) is 0.510. The summed E-state index contributed by atoms with van der Waals surface area (Å²) in [7, 11) is 0. The molecule has 0 fully saturated rings. The van der Waals surface area contributed by atoms with E-state index in [-0.39, 0.29) is 6.10 Å². The Morgan fingerprint density at radius 1 is 1.35 bits per heavy atom. The fraction of sp³-hybridized carbons (Fsp3) is 0.500. The molecule has 0 saturated heterocycles. The van der Waals surface area contributed by atoms with Gasteiger partial charge >= 0.3 is 0 Å². The molecule has 1 unspecified atom stereocenters. The van der Waals surface area contributed by atoms with Crippen LogP contribution in [0.3, 0.4) is 0 Å². The Morgan fingerprint density at radius 3 is 2.76 bits per heavy atom. The minimum Gasteiger partial charge on any atom is -0.490 e. The number of hydrogen-bond donors (Lipinski definition) is 1. The van der Waals surface area contributed by atoms with Crippen LogP contribution in [0.5, 0.6) is 5.75 Å². The van der Waals surface area contributed by atoms with Crippen LogP contribution in [-0.4, -0.2) is 11.1 Å². The first-order valence-corrected chi connectivity index (χ1v) is 6.63. The van der Waals surface area contributed by atoms with Gasteiger partial charge in [0.1, 0.15) is 11.9 Å². The van der Waals surface area contributed by atoms with E-state index >= 15 is 0 Å². The van der Waals surface area contributed by atoms with Gasteiger partial charge in [-0.2, -0.15) is 0 Å². The van der Waals surface area contributed by atoms with Crippen LogP contribution < -0.4 is 10.5 Å². The number of nitrogens with two attached hydrogens (primary N) is 1. The van der Waals surface area contributed by atoms with Crippen molar-refractivity contribution in [1.29, 1.82) is 0 Å². The average molecular weight is 249 g/mol. The molecule has 92 valence electrons. The van der Waals surface area contributed by atoms with E-state index in [1.54, 1.807) is 0 Å². The Bertz CT molecular complexity index is 417. The van der Waals surface area contributed by atoms with E-state index in [1.165, 1.54) is 36.8 Å². The lowest BCUT2D eigenvalue weighted by atomic mass is 9.92. The minimum atomic E-state index is 0.0501. The standard InChI is InChI=1S/C14H19NOS/c1-10(8-14(15)17)16-13-7-6-11-4-2-3-5-12(11)9-13/h6-7,9-10H,2-5,8H2,1H3,(H2,15,17). The molecule has 0 bridgehead atoms. The predicted molar refractivity (Wildman–Crippen MR) is 74.6 cm³/mol. The molecule has 0 amide bonds. The molecule has 17 heavy (non-hydrogen) atoms. The zero-order valence-electron chi connectivity index (χ0n) is 10.2. The summed E-state index contributed by atoms with van der Waals surface area (Å²) in [6.07, 6.45) is 5.67. The number of benzene rings is 1. The highest BCUT2D eigenvalue weighted by Crippen LogP contribution is 2.26. The molecule has 0 aromatic heterocycles. The van der Waals surface area contributed by atoms with Gasteiger partial charge in [-0.15, -0.1) is 0 Å². The van der Waals surface area contributed by atoms with Crippen LogP contribution in [0.2, 0.25) is 0 Å². The van der Waals surface area contributed by atoms with Gasteiger partial charge in [-0.25, -0.2) is 0 Å². The number of ether oxygens (including phenoxy) is 1. The number of rotatable bonds is 4. The zero-order valence-corrected chi connectivity index (χ0v) is 11.1. The number of aryl methyl sites for hydroxylation is 2. The highest BCUT2D eigenvalue weighted by Gasteiger charge is 2.11. The van der Waals surface area contributed by atoms with Crippen molar-refractivity contribution < 1.29 is 4.74 Å². The first-order valence-electron chi connectivity index (χ1n) is 6.22. The Kier molecular flexibility index (Phi) is 4.00. The maximum Gasteiger partial charge on any atom is 0.120 e. The van der Waals surface area contributed by atoms with Crippen molar-refractivity contribution in [2.45, 2.75) is 45.1 Å². The molecular weight excluding hydrogens is 230 g/mol. The largest absolute Gasteiger partial charge is 0.490 e. The van der Waals surface area contributed by atoms with E-state index < -0.39 is 0 Å². The van der Waals surface area contributed by atoms with Gasteiger partial charge in [-0.3, -0.25) is 0 Å². The molecule has 0 radical (unpaired) electrons. The van der Waals surface area contributed by atoms with Crippen LogP contribution in [0.1, 0.15) is 37.3 Å². The molecule has 0 spiro atoms. The second-order valence-corrected chi connectivity index (χ2v) is 5.26. The zero-order chi connectivity index (χ0) is 12.3. The quantitative estimate of drug-likeness (QED) is 0.833. The van der Waals surface area contributed by atoms with Crippen molar-refractivity contribution in [3.05, 3.63) is 29.3 Å². The van der Waals surface area contributed by atoms with E-state index in [1.807, 2.05) is 6.92 Å². The normalized spacial score (nSPS) is 16.1. The second kappa shape index (κ2) is 5.50. The number of thiocarbonyl (C=S) groups is 1. The average Bonchev–Trinajstić information content (AvgIpc) is 2.27. The van der Waals surface area contributed by atoms with Gasteiger partial charge in [0, 0.05) is 6.42 Å². The molecule has 0 heterocycles. The van der Waals surface area contributed by atoms with Crippen molar-refractivity contribution in [1.82, 2.24) is 0 Å². The Labute approximate surface area is 108 Å². The third-order valence-corrected chi connectivity index (χ3v) is 3.31. The molecule has 1 atom stereocenters. The maximum absolute atomic E-state index is 5.82. The van der Waals surface area contributed by atoms with Gasteiger partial charge in [0.05, 0.1) is 4.99 Å². The van der Waals surface area contributed by atoms with E-state index in [4.69, 9.17) is 22.7 Å². The second-order valence-electron chi connectivity index (χ2n) is 4.74. The molecule has 1 aromatic carbocycles. The van der Waals surface area contributed by atoms with E-state index in [2.05, 4.69) is 18.2 Å². The summed E-state index contributed by atoms with van der Waals surface area (Å²) in [5.41, 5.74) is 8.43. The van der Waals surface area contributed by atoms with Crippen molar-refractivity contribution in [3.63, 3.8) is 0 Å². The molecule has 1 aromatic rings. The molecule has 0 aliphatic heterocycles. The van der Waals surface area contributed by atoms with Crippen molar-refractivity contribution in [2.75, 3.05) is 0 Å². The third-order valence-electron chi connectivity index (χ3n) is 3.15. The SMILES string of the molecule is CC(CC(N)=S)Oc1ccc2c(c1)CCCC2. The molecule has 2 N–H and O–H groups in total. The molecule has 1 aliphatic rings. The van der Waals surface area contributed by atoms with Gasteiger partial charge in [0.15, 0.2) is 0 Å². The first-order chi connectivity index (χ1) is 8.15. The molecule has 2 nitrogen and oxygen atoms in total. The van der Waals surface area contributed by atoms with E-state index in [9.17, 15) is 0 Å². The lowest BCUT2D eigenvalue weighted by Gasteiger charge is -2.19. The lowest BCUT2D eigenvalue weighted by Crippen LogP contribution is -2.21. The van der Waals surface area contributed by atoms with Crippen LogP contribution in [0.25, 0.3) is 0 Å². The van der Waals surface area contributed by atoms with Crippen molar-refractivity contribution in [2.24, 2.45) is 5.73 Å². The molecule has 3 heteroatoms. The smallest absolute Gasteiger partial charge is 0.120 e. The van der Waals surface area contributed by atoms with Crippen LogP contribution in [0.15, 0.2) is 18.2 Å². The predicted octanol–water partition coefficient (Wildman–Crippen LogP) is 3.01. The van der Waals surface area contributed by atoms with Gasteiger partial charge in [-0.05, 0) is 55.9 Å². The summed E-state index contributed by atoms with van der Waals surface area (Å²) in [5.74, 6) is 0.939. The maximum atomic E-state index is 5.82. The van der Waals surface area contributed by atoms with E-state index in [0.717, 1.165) is 5.75 Å². The summed E-state index contributed by atoms with van der Waals surface area (Å²) < 4.78 is 5.82. The lowest BCUT2D eigenvalue weighted by molar-refractivity contribution is 0.230. The molecule has 0 saturated carbocycles. The third kappa shape index (κ3) is 3.43. The highest BCUT2D eigenvalue weighted by molar-refractivity contribution is 7.80. The van der Waals surface area contributed by atoms with Crippen LogP contribution in [0, 0.1) is 0 Å². The summed E-state index contributed by atoms with van der Waals surface area (Å²) in [5, 5.41) is 0. The Balaban J connectivity index is 2.04. The highest BCUT2D eigenvalue weighted by atomic mass is 32.1. The van der Waals surface area contributed by atoms with Crippen molar-refractivity contribution in [3.8, 4) is 5.75 Å². The van der Waals surface area contributed by atoms with Gasteiger partial charge < -0.3 is 10.5 Å². The Morgan fingerprint density at radius 2 is 2.06 bits per heavy atom. The number of hydrogen-bond acceptors (Lipinski definition) is 2. The minimum absolute atomic E-state index is 0.0501. The van der Waals surface area contributed by atoms with Crippen LogP contribution in [0.4, 0.5) is 0 Å². The summed E-state index contributed by atoms with van der Waals surface area (Å²) in [6, 6.07) is 6.42. The summed E-state index contributed by atoms with van der Waals surface area (Å²) >= 11 is 4.88. The van der Waals surface area contributed by atoms with Gasteiger partial charge in [0.2, 0.25) is 0 Å². The monoisotopic (exact) mass is 249 g/mol. The molecular formula is C14H19NOS. The topological polar surface area (TPSA) is 35.2 Å². The van der Waals surface area contributed by atoms with Gasteiger partial charge in [-0.1, -0.05) is 18.3 Å². The van der Waals surface area contributed by atoms with E-state index in [0.29, 0.717) is 11.4 Å². The van der Waals surface area contributed by atoms with Crippen LogP contribution in [-0.2, 0) is 12.8 Å². The van der Waals surface area contributed by atoms with Crippen molar-refractivity contribution >= 4 is 17.2 Å². The van der Waals surface area contributed by atoms with Gasteiger partial charge in [0.25, 0.3) is 0 Å². The fourth-order valence-electron chi connectivity index (χ4n) is 2.34. The molecule has 2 rings (SSSR count). The Hall–Kier alpha value is -1.09. The number of fused-ring (bicyclic) bond motifs is 1. The summed E-state index contributed by atoms with van der Waals surface area (Å²) in [6.45, 7) is 2.00. The molecule has 1 aliphatic carbocycles.